The predicted molar refractivity (Wildman–Crippen MR) is 54.7 cm³/mol. The zero-order valence-electron chi connectivity index (χ0n) is 7.81. The summed E-state index contributed by atoms with van der Waals surface area (Å²) < 4.78 is 7.63. The Morgan fingerprint density at radius 3 is 3.14 bits per heavy atom. The van der Waals surface area contributed by atoms with Gasteiger partial charge in [0.25, 0.3) is 0 Å². The third-order valence-corrected chi connectivity index (χ3v) is 2.70. The largest absolute Gasteiger partial charge is 0.355 e. The molecule has 0 aliphatic carbocycles. The molecular formula is C11H12N2O. The van der Waals surface area contributed by atoms with Crippen LogP contribution >= 0.6 is 0 Å². The van der Waals surface area contributed by atoms with Crippen LogP contribution in [0.4, 0.5) is 0 Å². The summed E-state index contributed by atoms with van der Waals surface area (Å²) in [5.74, 6) is 0. The minimum Gasteiger partial charge on any atom is -0.355 e. The van der Waals surface area contributed by atoms with Crippen LogP contribution in [-0.4, -0.2) is 10.8 Å². The van der Waals surface area contributed by atoms with E-state index in [0.717, 1.165) is 6.54 Å². The fourth-order valence-corrected chi connectivity index (χ4v) is 2.03. The van der Waals surface area contributed by atoms with Crippen molar-refractivity contribution in [2.45, 2.75) is 19.4 Å². The van der Waals surface area contributed by atoms with Gasteiger partial charge in [-0.25, -0.2) is 0 Å². The van der Waals surface area contributed by atoms with Crippen LogP contribution in [0.2, 0.25) is 0 Å². The van der Waals surface area contributed by atoms with Crippen molar-refractivity contribution in [3.05, 3.63) is 36.0 Å². The zero-order valence-corrected chi connectivity index (χ0v) is 7.81. The molecule has 0 radical (unpaired) electrons. The molecule has 0 fully saturated rings. The molecule has 1 unspecified atom stereocenters. The second-order valence-electron chi connectivity index (χ2n) is 3.65. The van der Waals surface area contributed by atoms with E-state index < -0.39 is 0 Å². The maximum atomic E-state index is 5.76. The van der Waals surface area contributed by atoms with Gasteiger partial charge in [-0.1, -0.05) is 18.2 Å². The van der Waals surface area contributed by atoms with E-state index >= 15 is 0 Å². The molecule has 3 nitrogen and oxygen atoms in total. The predicted octanol–water partition coefficient (Wildman–Crippen LogP) is 1.46. The molecule has 0 saturated carbocycles. The number of aromatic nitrogens is 1. The van der Waals surface area contributed by atoms with Gasteiger partial charge in [-0.3, -0.25) is 0 Å². The van der Waals surface area contributed by atoms with Crippen LogP contribution in [0.3, 0.4) is 0 Å². The topological polar surface area (TPSA) is 40.2 Å². The SMILES string of the molecule is NC1Cn2c(cc3ccccc32)CO1. The van der Waals surface area contributed by atoms with E-state index in [9.17, 15) is 0 Å². The Kier molecular flexibility index (Phi) is 1.63. The van der Waals surface area contributed by atoms with Gasteiger partial charge in [0.05, 0.1) is 13.2 Å². The van der Waals surface area contributed by atoms with E-state index in [2.05, 4.69) is 34.9 Å². The zero-order chi connectivity index (χ0) is 9.54. The Balaban J connectivity index is 2.25. The van der Waals surface area contributed by atoms with Gasteiger partial charge in [0.15, 0.2) is 0 Å². The number of para-hydroxylation sites is 1. The summed E-state index contributed by atoms with van der Waals surface area (Å²) in [5, 5.41) is 1.26. The number of nitrogens with two attached hydrogens (primary N) is 1. The average molecular weight is 188 g/mol. The fraction of sp³-hybridized carbons (Fsp3) is 0.273. The van der Waals surface area contributed by atoms with Crippen LogP contribution in [0.1, 0.15) is 5.69 Å². The molecule has 1 aliphatic heterocycles. The van der Waals surface area contributed by atoms with Gasteiger partial charge in [0, 0.05) is 11.2 Å². The van der Waals surface area contributed by atoms with Crippen LogP contribution in [0.25, 0.3) is 10.9 Å². The summed E-state index contributed by atoms with van der Waals surface area (Å²) in [6.07, 6.45) is -0.168. The van der Waals surface area contributed by atoms with Crippen molar-refractivity contribution >= 4 is 10.9 Å². The lowest BCUT2D eigenvalue weighted by atomic mass is 10.2. The first-order chi connectivity index (χ1) is 6.84. The summed E-state index contributed by atoms with van der Waals surface area (Å²) in [4.78, 5) is 0. The highest BCUT2D eigenvalue weighted by Crippen LogP contribution is 2.23. The molecule has 2 heterocycles. The summed E-state index contributed by atoms with van der Waals surface area (Å²) >= 11 is 0. The standard InChI is InChI=1S/C11H12N2O/c12-11-6-13-9(7-14-11)5-8-3-1-2-4-10(8)13/h1-5,11H,6-7,12H2. The molecule has 72 valence electrons. The molecule has 1 atom stereocenters. The first-order valence-electron chi connectivity index (χ1n) is 4.79. The van der Waals surface area contributed by atoms with E-state index in [1.165, 1.54) is 16.6 Å². The molecule has 14 heavy (non-hydrogen) atoms. The number of hydrogen-bond acceptors (Lipinski definition) is 2. The van der Waals surface area contributed by atoms with Gasteiger partial charge in [0.2, 0.25) is 0 Å². The maximum absolute atomic E-state index is 5.76. The first-order valence-corrected chi connectivity index (χ1v) is 4.79. The molecule has 1 aromatic carbocycles. The molecule has 2 aromatic rings. The van der Waals surface area contributed by atoms with Crippen molar-refractivity contribution in [2.75, 3.05) is 0 Å². The highest BCUT2D eigenvalue weighted by molar-refractivity contribution is 5.81. The molecule has 0 amide bonds. The van der Waals surface area contributed by atoms with Crippen molar-refractivity contribution in [1.82, 2.24) is 4.57 Å². The molecule has 0 spiro atoms. The first kappa shape index (κ1) is 8.03. The van der Waals surface area contributed by atoms with Crippen molar-refractivity contribution in [1.29, 1.82) is 0 Å². The highest BCUT2D eigenvalue weighted by Gasteiger charge is 2.17. The number of benzene rings is 1. The number of nitrogens with zero attached hydrogens (tertiary/aromatic N) is 1. The van der Waals surface area contributed by atoms with Crippen LogP contribution in [-0.2, 0) is 17.9 Å². The molecule has 1 aliphatic rings. The van der Waals surface area contributed by atoms with Gasteiger partial charge in [-0.15, -0.1) is 0 Å². The van der Waals surface area contributed by atoms with E-state index in [1.54, 1.807) is 0 Å². The Labute approximate surface area is 82.1 Å². The average Bonchev–Trinajstić information content (AvgIpc) is 2.56. The van der Waals surface area contributed by atoms with Gasteiger partial charge >= 0.3 is 0 Å². The summed E-state index contributed by atoms with van der Waals surface area (Å²) in [6, 6.07) is 10.5. The second kappa shape index (κ2) is 2.83. The normalized spacial score (nSPS) is 21.1. The Morgan fingerprint density at radius 1 is 1.36 bits per heavy atom. The van der Waals surface area contributed by atoms with Gasteiger partial charge in [-0.2, -0.15) is 0 Å². The Hall–Kier alpha value is -1.32. The van der Waals surface area contributed by atoms with Crippen molar-refractivity contribution < 1.29 is 4.74 Å². The molecular weight excluding hydrogens is 176 g/mol. The third kappa shape index (κ3) is 1.06. The van der Waals surface area contributed by atoms with Crippen molar-refractivity contribution in [3.63, 3.8) is 0 Å². The van der Waals surface area contributed by atoms with Crippen LogP contribution in [0, 0.1) is 0 Å². The minimum absolute atomic E-state index is 0.168. The fourth-order valence-electron chi connectivity index (χ4n) is 2.03. The lowest BCUT2D eigenvalue weighted by molar-refractivity contribution is 0.0102. The van der Waals surface area contributed by atoms with Gasteiger partial charge < -0.3 is 15.0 Å². The lowest BCUT2D eigenvalue weighted by Gasteiger charge is -2.22. The van der Waals surface area contributed by atoms with Gasteiger partial charge in [0.1, 0.15) is 6.23 Å². The molecule has 0 saturated heterocycles. The summed E-state index contributed by atoms with van der Waals surface area (Å²) in [6.45, 7) is 1.37. The van der Waals surface area contributed by atoms with Gasteiger partial charge in [-0.05, 0) is 17.5 Å². The molecule has 3 heteroatoms. The number of fused-ring (bicyclic) bond motifs is 3. The van der Waals surface area contributed by atoms with Crippen LogP contribution in [0.15, 0.2) is 30.3 Å². The molecule has 1 aromatic heterocycles. The van der Waals surface area contributed by atoms with Crippen molar-refractivity contribution in [3.8, 4) is 0 Å². The Morgan fingerprint density at radius 2 is 2.21 bits per heavy atom. The van der Waals surface area contributed by atoms with E-state index in [-0.39, 0.29) is 6.23 Å². The quantitative estimate of drug-likeness (QED) is 0.679. The third-order valence-electron chi connectivity index (χ3n) is 2.70. The summed E-state index contributed by atoms with van der Waals surface area (Å²) in [7, 11) is 0. The van der Waals surface area contributed by atoms with Crippen LogP contribution in [0.5, 0.6) is 0 Å². The van der Waals surface area contributed by atoms with Crippen molar-refractivity contribution in [2.24, 2.45) is 5.73 Å². The minimum atomic E-state index is -0.168. The van der Waals surface area contributed by atoms with E-state index in [4.69, 9.17) is 10.5 Å². The molecule has 0 bridgehead atoms. The smallest absolute Gasteiger partial charge is 0.124 e. The Bertz CT molecular complexity index is 475. The van der Waals surface area contributed by atoms with Crippen LogP contribution < -0.4 is 5.73 Å². The lowest BCUT2D eigenvalue weighted by Crippen LogP contribution is -2.33. The summed E-state index contributed by atoms with van der Waals surface area (Å²) in [5.41, 5.74) is 8.22. The second-order valence-corrected chi connectivity index (χ2v) is 3.65. The van der Waals surface area contributed by atoms with E-state index in [0.29, 0.717) is 6.61 Å². The molecule has 3 rings (SSSR count). The number of ether oxygens (including phenoxy) is 1. The maximum Gasteiger partial charge on any atom is 0.124 e. The highest BCUT2D eigenvalue weighted by atomic mass is 16.5. The number of hydrogen-bond donors (Lipinski definition) is 1. The monoisotopic (exact) mass is 188 g/mol. The van der Waals surface area contributed by atoms with E-state index in [1.807, 2.05) is 0 Å². The number of rotatable bonds is 0. The molecule has 2 N–H and O–H groups in total.